The van der Waals surface area contributed by atoms with Gasteiger partial charge in [0, 0.05) is 29.6 Å². The van der Waals surface area contributed by atoms with Gasteiger partial charge in [0.25, 0.3) is 5.91 Å². The quantitative estimate of drug-likeness (QED) is 0.769. The van der Waals surface area contributed by atoms with Crippen LogP contribution >= 0.6 is 23.2 Å². The zero-order valence-corrected chi connectivity index (χ0v) is 15.8. The van der Waals surface area contributed by atoms with Crippen LogP contribution in [0.2, 0.25) is 10.0 Å². The predicted molar refractivity (Wildman–Crippen MR) is 103 cm³/mol. The lowest BCUT2D eigenvalue weighted by Gasteiger charge is -2.29. The molecular weight excluding hydrogens is 391 g/mol. The lowest BCUT2D eigenvalue weighted by atomic mass is 10.1. The van der Waals surface area contributed by atoms with E-state index < -0.39 is 6.10 Å². The Balaban J connectivity index is 1.53. The molecule has 0 saturated heterocycles. The van der Waals surface area contributed by atoms with Gasteiger partial charge in [0.1, 0.15) is 5.75 Å². The number of rotatable bonds is 6. The van der Waals surface area contributed by atoms with Gasteiger partial charge in [-0.25, -0.2) is 0 Å². The molecular formula is C19H18Cl2N2O4. The molecule has 0 fully saturated rings. The third kappa shape index (κ3) is 4.91. The summed E-state index contributed by atoms with van der Waals surface area (Å²) < 4.78 is 5.37. The molecule has 0 bridgehead atoms. The highest BCUT2D eigenvalue weighted by molar-refractivity contribution is 6.34. The van der Waals surface area contributed by atoms with Gasteiger partial charge in [-0.05, 0) is 35.9 Å². The van der Waals surface area contributed by atoms with Crippen molar-refractivity contribution in [2.45, 2.75) is 12.5 Å². The number of hydrogen-bond acceptors (Lipinski definition) is 4. The van der Waals surface area contributed by atoms with Crippen LogP contribution in [0, 0.1) is 0 Å². The Morgan fingerprint density at radius 2 is 1.93 bits per heavy atom. The van der Waals surface area contributed by atoms with E-state index in [2.05, 4.69) is 5.32 Å². The summed E-state index contributed by atoms with van der Waals surface area (Å²) in [5.41, 5.74) is 1.17. The Morgan fingerprint density at radius 3 is 2.67 bits per heavy atom. The van der Waals surface area contributed by atoms with E-state index in [1.165, 1.54) is 4.90 Å². The highest BCUT2D eigenvalue weighted by Crippen LogP contribution is 2.31. The molecule has 0 aromatic heterocycles. The van der Waals surface area contributed by atoms with Crippen molar-refractivity contribution in [2.75, 3.05) is 24.6 Å². The smallest absolute Gasteiger partial charge is 0.265 e. The maximum absolute atomic E-state index is 12.1. The van der Waals surface area contributed by atoms with Gasteiger partial charge in [-0.3, -0.25) is 9.59 Å². The van der Waals surface area contributed by atoms with Gasteiger partial charge >= 0.3 is 0 Å². The Labute approximate surface area is 166 Å². The molecule has 2 N–H and O–H groups in total. The van der Waals surface area contributed by atoms with Crippen molar-refractivity contribution >= 4 is 40.7 Å². The van der Waals surface area contributed by atoms with Crippen LogP contribution in [0.4, 0.5) is 5.69 Å². The number of anilines is 1. The van der Waals surface area contributed by atoms with E-state index >= 15 is 0 Å². The molecule has 2 aromatic rings. The molecule has 0 radical (unpaired) electrons. The molecule has 1 atom stereocenters. The monoisotopic (exact) mass is 408 g/mol. The molecule has 2 aromatic carbocycles. The molecule has 0 spiro atoms. The largest absolute Gasteiger partial charge is 0.482 e. The third-order valence-corrected chi connectivity index (χ3v) is 4.57. The van der Waals surface area contributed by atoms with E-state index in [9.17, 15) is 14.7 Å². The predicted octanol–water partition coefficient (Wildman–Crippen LogP) is 2.96. The molecule has 1 unspecified atom stereocenters. The van der Waals surface area contributed by atoms with Crippen molar-refractivity contribution in [3.05, 3.63) is 58.1 Å². The van der Waals surface area contributed by atoms with Gasteiger partial charge < -0.3 is 20.1 Å². The number of aliphatic hydroxyl groups is 1. The number of halogens is 2. The van der Waals surface area contributed by atoms with Gasteiger partial charge in [-0.1, -0.05) is 35.3 Å². The molecule has 0 saturated carbocycles. The number of amides is 2. The average Bonchev–Trinajstić information content (AvgIpc) is 2.64. The van der Waals surface area contributed by atoms with E-state index in [0.717, 1.165) is 0 Å². The summed E-state index contributed by atoms with van der Waals surface area (Å²) in [5, 5.41) is 13.7. The van der Waals surface area contributed by atoms with E-state index in [1.807, 2.05) is 6.07 Å². The zero-order valence-electron chi connectivity index (χ0n) is 14.3. The molecule has 0 aliphatic carbocycles. The first kappa shape index (κ1) is 19.5. The van der Waals surface area contributed by atoms with Crippen LogP contribution in [0.1, 0.15) is 18.1 Å². The highest BCUT2D eigenvalue weighted by atomic mass is 35.5. The summed E-state index contributed by atoms with van der Waals surface area (Å²) in [6.45, 7) is 0.195. The second-order valence-corrected chi connectivity index (χ2v) is 6.95. The minimum Gasteiger partial charge on any atom is -0.482 e. The number of para-hydroxylation sites is 2. The Hall–Kier alpha value is -2.28. The Kier molecular flexibility index (Phi) is 6.21. The van der Waals surface area contributed by atoms with Gasteiger partial charge in [0.15, 0.2) is 6.61 Å². The number of benzene rings is 2. The van der Waals surface area contributed by atoms with E-state index in [0.29, 0.717) is 27.0 Å². The SMILES string of the molecule is O=C(CCN1C(=O)COc2ccccc21)NCC(O)c1cc(Cl)cc(Cl)c1. The highest BCUT2D eigenvalue weighted by Gasteiger charge is 2.25. The van der Waals surface area contributed by atoms with Crippen LogP contribution in [0.15, 0.2) is 42.5 Å². The maximum atomic E-state index is 12.1. The first-order valence-corrected chi connectivity index (χ1v) is 9.12. The van der Waals surface area contributed by atoms with Crippen LogP contribution in [0.5, 0.6) is 5.75 Å². The minimum absolute atomic E-state index is 0.0170. The summed E-state index contributed by atoms with van der Waals surface area (Å²) in [7, 11) is 0. The fraction of sp³-hybridized carbons (Fsp3) is 0.263. The van der Waals surface area contributed by atoms with Crippen LogP contribution in [0.25, 0.3) is 0 Å². The second-order valence-electron chi connectivity index (χ2n) is 6.07. The Morgan fingerprint density at radius 1 is 1.22 bits per heavy atom. The van der Waals surface area contributed by atoms with Crippen molar-refractivity contribution in [1.29, 1.82) is 0 Å². The lowest BCUT2D eigenvalue weighted by Crippen LogP contribution is -2.41. The lowest BCUT2D eigenvalue weighted by molar-refractivity contribution is -0.122. The summed E-state index contributed by atoms with van der Waals surface area (Å²) in [5.74, 6) is 0.139. The fourth-order valence-corrected chi connectivity index (χ4v) is 3.34. The molecule has 8 heteroatoms. The van der Waals surface area contributed by atoms with E-state index in [1.54, 1.807) is 36.4 Å². The third-order valence-electron chi connectivity index (χ3n) is 4.13. The molecule has 1 aliphatic heterocycles. The van der Waals surface area contributed by atoms with Crippen LogP contribution in [-0.2, 0) is 9.59 Å². The maximum Gasteiger partial charge on any atom is 0.265 e. The molecule has 1 heterocycles. The summed E-state index contributed by atoms with van der Waals surface area (Å²) >= 11 is 11.8. The zero-order chi connectivity index (χ0) is 19.4. The number of nitrogens with one attached hydrogen (secondary N) is 1. The number of ether oxygens (including phenoxy) is 1. The Bertz CT molecular complexity index is 839. The fourth-order valence-electron chi connectivity index (χ4n) is 2.80. The summed E-state index contributed by atoms with van der Waals surface area (Å²) in [4.78, 5) is 25.8. The molecule has 142 valence electrons. The van der Waals surface area contributed by atoms with Crippen molar-refractivity contribution in [1.82, 2.24) is 5.32 Å². The molecule has 6 nitrogen and oxygen atoms in total. The van der Waals surface area contributed by atoms with Crippen LogP contribution in [0.3, 0.4) is 0 Å². The number of hydrogen-bond donors (Lipinski definition) is 2. The van der Waals surface area contributed by atoms with Crippen LogP contribution in [-0.4, -0.2) is 36.6 Å². The number of nitrogens with zero attached hydrogens (tertiary/aromatic N) is 1. The average molecular weight is 409 g/mol. The van der Waals surface area contributed by atoms with Gasteiger partial charge in [-0.2, -0.15) is 0 Å². The second kappa shape index (κ2) is 8.61. The summed E-state index contributed by atoms with van der Waals surface area (Å²) in [6, 6.07) is 11.9. The van der Waals surface area contributed by atoms with Crippen molar-refractivity contribution in [3.8, 4) is 5.75 Å². The van der Waals surface area contributed by atoms with E-state index in [4.69, 9.17) is 27.9 Å². The molecule has 1 aliphatic rings. The van der Waals surface area contributed by atoms with Crippen molar-refractivity contribution < 1.29 is 19.4 Å². The summed E-state index contributed by atoms with van der Waals surface area (Å²) in [6.07, 6.45) is -0.834. The number of carbonyl (C=O) groups excluding carboxylic acids is 2. The topological polar surface area (TPSA) is 78.9 Å². The van der Waals surface area contributed by atoms with Gasteiger partial charge in [0.2, 0.25) is 5.91 Å². The molecule has 2 amide bonds. The van der Waals surface area contributed by atoms with Crippen LogP contribution < -0.4 is 15.0 Å². The van der Waals surface area contributed by atoms with Crippen molar-refractivity contribution in [3.63, 3.8) is 0 Å². The van der Waals surface area contributed by atoms with Crippen molar-refractivity contribution in [2.24, 2.45) is 0 Å². The van der Waals surface area contributed by atoms with E-state index in [-0.39, 0.29) is 37.9 Å². The number of aliphatic hydroxyl groups excluding tert-OH is 1. The molecule has 3 rings (SSSR count). The van der Waals surface area contributed by atoms with Gasteiger partial charge in [-0.15, -0.1) is 0 Å². The first-order valence-electron chi connectivity index (χ1n) is 8.37. The van der Waals surface area contributed by atoms with Gasteiger partial charge in [0.05, 0.1) is 11.8 Å². The molecule has 27 heavy (non-hydrogen) atoms. The number of carbonyl (C=O) groups is 2. The standard InChI is InChI=1S/C19H18Cl2N2O4/c20-13-7-12(8-14(21)9-13)16(24)10-22-18(25)5-6-23-15-3-1-2-4-17(15)27-11-19(23)26/h1-4,7-9,16,24H,5-6,10-11H2,(H,22,25). The minimum atomic E-state index is -0.934. The normalized spacial score (nSPS) is 14.3. The number of fused-ring (bicyclic) bond motifs is 1. The first-order chi connectivity index (χ1) is 12.9.